The first-order chi connectivity index (χ1) is 10.2. The zero-order valence-corrected chi connectivity index (χ0v) is 15.0. The maximum atomic E-state index is 11.8. The summed E-state index contributed by atoms with van der Waals surface area (Å²) in [4.78, 5) is 11.8. The van der Waals surface area contributed by atoms with Crippen LogP contribution < -0.4 is 14.2 Å². The molecule has 2 heterocycles. The van der Waals surface area contributed by atoms with Crippen LogP contribution in [0.5, 0.6) is 0 Å². The molecule has 21 heavy (non-hydrogen) atoms. The Bertz CT molecular complexity index is 472. The molecule has 0 aliphatic carbocycles. The Labute approximate surface area is 131 Å². The number of rotatable bonds is 4. The summed E-state index contributed by atoms with van der Waals surface area (Å²) in [5.41, 5.74) is 2.09. The fourth-order valence-corrected chi connectivity index (χ4v) is 9.19. The summed E-state index contributed by atoms with van der Waals surface area (Å²) >= 11 is -2.32. The van der Waals surface area contributed by atoms with Crippen molar-refractivity contribution in [3.05, 3.63) is 24.0 Å². The fourth-order valence-electron chi connectivity index (χ4n) is 2.56. The average molecular weight is 406 g/mol. The second-order valence-electron chi connectivity index (χ2n) is 5.27. The van der Waals surface area contributed by atoms with Gasteiger partial charge in [0.2, 0.25) is 0 Å². The van der Waals surface area contributed by atoms with Crippen molar-refractivity contribution in [3.8, 4) is 0 Å². The molecule has 0 radical (unpaired) electrons. The van der Waals surface area contributed by atoms with E-state index in [1.807, 2.05) is 6.08 Å². The van der Waals surface area contributed by atoms with E-state index in [4.69, 9.17) is 3.15 Å². The van der Waals surface area contributed by atoms with Crippen molar-refractivity contribution in [2.45, 2.75) is 32.6 Å². The topological polar surface area (TPSA) is 65.5 Å². The molecule has 5 nitrogen and oxygen atoms in total. The van der Waals surface area contributed by atoms with Gasteiger partial charge >= 0.3 is 132 Å². The number of carbonyl (C=O) groups excluding carboxylic acids is 1. The van der Waals surface area contributed by atoms with Crippen LogP contribution in [-0.4, -0.2) is 34.4 Å². The van der Waals surface area contributed by atoms with Crippen molar-refractivity contribution < 1.29 is 4.79 Å². The van der Waals surface area contributed by atoms with Gasteiger partial charge in [0.25, 0.3) is 0 Å². The summed E-state index contributed by atoms with van der Waals surface area (Å²) in [6.45, 7) is 9.14. The van der Waals surface area contributed by atoms with E-state index in [9.17, 15) is 4.79 Å². The van der Waals surface area contributed by atoms with E-state index in [1.165, 1.54) is 0 Å². The van der Waals surface area contributed by atoms with Crippen molar-refractivity contribution in [3.63, 3.8) is 0 Å². The minimum atomic E-state index is -2.32. The van der Waals surface area contributed by atoms with Gasteiger partial charge in [0.05, 0.1) is 0 Å². The number of allylic oxidation sites excluding steroid dienone is 2. The van der Waals surface area contributed by atoms with Crippen LogP contribution >= 0.6 is 18.5 Å². The molecule has 0 aromatic carbocycles. The molecule has 1 saturated heterocycles. The van der Waals surface area contributed by atoms with Crippen LogP contribution in [0, 0.1) is 0 Å². The first-order valence-corrected chi connectivity index (χ1v) is 12.8. The summed E-state index contributed by atoms with van der Waals surface area (Å²) in [5, 5.41) is 6.49. The first-order valence-electron chi connectivity index (χ1n) is 7.72. The molecular formula is C15H27IN4O. The molecule has 3 N–H and O–H groups in total. The average Bonchev–Trinajstić information content (AvgIpc) is 2.80. The van der Waals surface area contributed by atoms with Crippen molar-refractivity contribution in [1.82, 2.24) is 14.2 Å². The van der Waals surface area contributed by atoms with Crippen LogP contribution in [0.25, 0.3) is 0 Å². The summed E-state index contributed by atoms with van der Waals surface area (Å²) in [7, 11) is 0. The Kier molecular flexibility index (Phi) is 6.50. The Morgan fingerprint density at radius 2 is 2.19 bits per heavy atom. The van der Waals surface area contributed by atoms with Gasteiger partial charge in [-0.3, -0.25) is 0 Å². The molecule has 6 heteroatoms. The first kappa shape index (κ1) is 16.8. The Morgan fingerprint density at radius 3 is 2.95 bits per heavy atom. The maximum absolute atomic E-state index is 11.8. The number of halogens is 1. The monoisotopic (exact) mass is 406 g/mol. The third-order valence-electron chi connectivity index (χ3n) is 3.74. The molecule has 0 spiro atoms. The molecule has 1 atom stereocenters. The summed E-state index contributed by atoms with van der Waals surface area (Å²) in [6, 6.07) is 0. The van der Waals surface area contributed by atoms with Crippen LogP contribution in [0.1, 0.15) is 32.6 Å². The van der Waals surface area contributed by atoms with Gasteiger partial charge in [-0.05, 0) is 0 Å². The SMILES string of the molecule is C=CCC1=C(N=I2(CC)CCNCCN2)CCCC(=O)N1. The molecule has 0 aromatic heterocycles. The van der Waals surface area contributed by atoms with E-state index in [0.717, 1.165) is 52.7 Å². The zero-order chi connectivity index (χ0) is 15.1. The second-order valence-corrected chi connectivity index (χ2v) is 13.6. The quantitative estimate of drug-likeness (QED) is 0.291. The number of nitrogens with one attached hydrogen (secondary N) is 3. The molecule has 0 bridgehead atoms. The number of carbonyl (C=O) groups is 1. The number of hydrogen-bond donors (Lipinski definition) is 3. The van der Waals surface area contributed by atoms with Gasteiger partial charge in [-0.2, -0.15) is 0 Å². The van der Waals surface area contributed by atoms with E-state index in [2.05, 4.69) is 27.7 Å². The molecule has 0 aromatic rings. The molecule has 1 amide bonds. The van der Waals surface area contributed by atoms with Gasteiger partial charge in [-0.1, -0.05) is 0 Å². The third-order valence-corrected chi connectivity index (χ3v) is 12.1. The van der Waals surface area contributed by atoms with E-state index in [0.29, 0.717) is 12.8 Å². The number of hydrogen-bond acceptors (Lipinski definition) is 3. The van der Waals surface area contributed by atoms with Gasteiger partial charge in [-0.15, -0.1) is 0 Å². The molecule has 1 fully saturated rings. The van der Waals surface area contributed by atoms with Gasteiger partial charge < -0.3 is 0 Å². The Balaban J connectivity index is 2.37. The standard InChI is InChI=1S/C15H27IN4O/c1-3-6-13-14(7-5-8-15(21)19-13)20-16(4-2)9-10-17-11-12-18-16/h3,17H,1,4-12H2,2H3,(H,18,20)(H,19,21). The van der Waals surface area contributed by atoms with Gasteiger partial charge in [0.1, 0.15) is 0 Å². The molecule has 2 aliphatic heterocycles. The van der Waals surface area contributed by atoms with Crippen LogP contribution in [0.4, 0.5) is 0 Å². The summed E-state index contributed by atoms with van der Waals surface area (Å²) in [5.74, 6) is 0.115. The van der Waals surface area contributed by atoms with Crippen molar-refractivity contribution in [2.24, 2.45) is 3.15 Å². The fraction of sp³-hybridized carbons (Fsp3) is 0.667. The van der Waals surface area contributed by atoms with Crippen LogP contribution in [-0.2, 0) is 4.79 Å². The van der Waals surface area contributed by atoms with E-state index in [1.54, 1.807) is 0 Å². The predicted octanol–water partition coefficient (Wildman–Crippen LogP) is 2.43. The molecule has 0 saturated carbocycles. The third kappa shape index (κ3) is 4.69. The molecular weight excluding hydrogens is 379 g/mol. The van der Waals surface area contributed by atoms with E-state index in [-0.39, 0.29) is 5.91 Å². The normalized spacial score (nSPS) is 30.6. The van der Waals surface area contributed by atoms with Crippen LogP contribution in [0.2, 0.25) is 0 Å². The number of alkyl halides is 2. The Morgan fingerprint density at radius 1 is 1.33 bits per heavy atom. The molecule has 2 rings (SSSR count). The van der Waals surface area contributed by atoms with E-state index < -0.39 is 18.5 Å². The van der Waals surface area contributed by atoms with Crippen molar-refractivity contribution in [1.29, 1.82) is 0 Å². The summed E-state index contributed by atoms with van der Waals surface area (Å²) in [6.07, 6.45) is 4.94. The van der Waals surface area contributed by atoms with E-state index >= 15 is 0 Å². The molecule has 120 valence electrons. The second kappa shape index (κ2) is 8.14. The van der Waals surface area contributed by atoms with Crippen molar-refractivity contribution in [2.75, 3.05) is 28.5 Å². The molecule has 2 aliphatic rings. The zero-order valence-electron chi connectivity index (χ0n) is 12.9. The Hall–Kier alpha value is -0.600. The van der Waals surface area contributed by atoms with Gasteiger partial charge in [0, 0.05) is 0 Å². The minimum absolute atomic E-state index is 0.115. The number of amides is 1. The van der Waals surface area contributed by atoms with Gasteiger partial charge in [-0.25, -0.2) is 0 Å². The predicted molar refractivity (Wildman–Crippen MR) is 96.6 cm³/mol. The summed E-state index contributed by atoms with van der Waals surface area (Å²) < 4.78 is 11.3. The van der Waals surface area contributed by atoms with Crippen LogP contribution in [0.15, 0.2) is 27.2 Å². The number of nitrogens with zero attached hydrogens (tertiary/aromatic N) is 1. The van der Waals surface area contributed by atoms with Gasteiger partial charge in [0.15, 0.2) is 0 Å². The molecule has 1 unspecified atom stereocenters. The van der Waals surface area contributed by atoms with Crippen LogP contribution in [0.3, 0.4) is 0 Å². The van der Waals surface area contributed by atoms with Crippen molar-refractivity contribution >= 4 is 24.4 Å².